The van der Waals surface area contributed by atoms with Crippen LogP contribution in [0.2, 0.25) is 0 Å². The zero-order chi connectivity index (χ0) is 22.8. The van der Waals surface area contributed by atoms with Crippen LogP contribution in [-0.2, 0) is 0 Å². The van der Waals surface area contributed by atoms with Crippen molar-refractivity contribution in [1.82, 2.24) is 0 Å². The maximum absolute atomic E-state index is 10.5. The van der Waals surface area contributed by atoms with Gasteiger partial charge in [0.05, 0.1) is 0 Å². The average molecular weight is 429 g/mol. The quantitative estimate of drug-likeness (QED) is 0.402. The number of rotatable bonds is 4. The lowest BCUT2D eigenvalue weighted by Gasteiger charge is -2.56. The summed E-state index contributed by atoms with van der Waals surface area (Å²) in [5.74, 6) is 1.55. The molecule has 8 atom stereocenters. The van der Waals surface area contributed by atoms with E-state index >= 15 is 0 Å². The van der Waals surface area contributed by atoms with Crippen molar-refractivity contribution in [3.63, 3.8) is 0 Å². The Balaban J connectivity index is 1.59. The van der Waals surface area contributed by atoms with Crippen molar-refractivity contribution in [2.45, 2.75) is 92.0 Å². The van der Waals surface area contributed by atoms with Crippen LogP contribution in [0.1, 0.15) is 80.1 Å². The lowest BCUT2D eigenvalue weighted by atomic mass is 9.49. The first-order chi connectivity index (χ1) is 14.4. The first-order valence-corrected chi connectivity index (χ1v) is 12.6. The van der Waals surface area contributed by atoms with Crippen molar-refractivity contribution < 1.29 is 15.3 Å². The van der Waals surface area contributed by atoms with Crippen molar-refractivity contribution in [2.24, 2.45) is 46.3 Å². The van der Waals surface area contributed by atoms with Gasteiger partial charge in [0.1, 0.15) is 6.10 Å². The molecule has 0 unspecified atom stereocenters. The molecular formula is C28H44O3. The molecule has 3 nitrogen and oxygen atoms in total. The maximum atomic E-state index is 10.5. The van der Waals surface area contributed by atoms with E-state index in [4.69, 9.17) is 0 Å². The number of hydrogen-bond donors (Lipinski definition) is 3. The molecule has 0 aromatic heterocycles. The summed E-state index contributed by atoms with van der Waals surface area (Å²) in [7, 11) is 0. The lowest BCUT2D eigenvalue weighted by molar-refractivity contribution is -0.254. The molecule has 4 aliphatic rings. The summed E-state index contributed by atoms with van der Waals surface area (Å²) in [5, 5.41) is 31.2. The third-order valence-corrected chi connectivity index (χ3v) is 10.1. The summed E-state index contributed by atoms with van der Waals surface area (Å²) in [6, 6.07) is 0. The van der Waals surface area contributed by atoms with Gasteiger partial charge in [-0.25, -0.2) is 0 Å². The Labute approximate surface area is 189 Å². The molecule has 31 heavy (non-hydrogen) atoms. The molecule has 0 bridgehead atoms. The third kappa shape index (κ3) is 3.69. The van der Waals surface area contributed by atoms with Crippen LogP contribution in [0, 0.1) is 46.3 Å². The highest BCUT2D eigenvalue weighted by molar-refractivity contribution is 5.39. The Bertz CT molecular complexity index is 790. The van der Waals surface area contributed by atoms with Crippen molar-refractivity contribution in [3.05, 3.63) is 35.5 Å². The minimum atomic E-state index is -1.99. The van der Waals surface area contributed by atoms with Gasteiger partial charge in [-0.05, 0) is 66.6 Å². The van der Waals surface area contributed by atoms with Gasteiger partial charge in [-0.15, -0.1) is 0 Å². The van der Waals surface area contributed by atoms with Gasteiger partial charge in [0, 0.05) is 18.3 Å². The second-order valence-corrected chi connectivity index (χ2v) is 12.2. The van der Waals surface area contributed by atoms with Crippen molar-refractivity contribution >= 4 is 0 Å². The highest BCUT2D eigenvalue weighted by Gasteiger charge is 2.59. The molecule has 3 N–H and O–H groups in total. The minimum Gasteiger partial charge on any atom is -0.387 e. The van der Waals surface area contributed by atoms with Crippen LogP contribution in [0.5, 0.6) is 0 Å². The van der Waals surface area contributed by atoms with Gasteiger partial charge in [-0.3, -0.25) is 0 Å². The summed E-state index contributed by atoms with van der Waals surface area (Å²) in [4.78, 5) is 0. The van der Waals surface area contributed by atoms with Gasteiger partial charge in [-0.2, -0.15) is 0 Å². The second-order valence-electron chi connectivity index (χ2n) is 12.2. The van der Waals surface area contributed by atoms with E-state index in [-0.39, 0.29) is 11.8 Å². The summed E-state index contributed by atoms with van der Waals surface area (Å²) in [6.45, 7) is 14.1. The Morgan fingerprint density at radius 3 is 2.35 bits per heavy atom. The number of allylic oxidation sites excluding steroid dienone is 5. The van der Waals surface area contributed by atoms with Crippen LogP contribution in [-0.4, -0.2) is 27.2 Å². The van der Waals surface area contributed by atoms with E-state index in [1.54, 1.807) is 5.57 Å². The maximum Gasteiger partial charge on any atom is 0.190 e. The third-order valence-electron chi connectivity index (χ3n) is 10.1. The van der Waals surface area contributed by atoms with Crippen LogP contribution >= 0.6 is 0 Å². The van der Waals surface area contributed by atoms with E-state index in [9.17, 15) is 15.3 Å². The van der Waals surface area contributed by atoms with E-state index in [0.717, 1.165) is 6.42 Å². The molecule has 0 amide bonds. The van der Waals surface area contributed by atoms with Gasteiger partial charge in [0.15, 0.2) is 5.79 Å². The second kappa shape index (κ2) is 7.85. The Morgan fingerprint density at radius 2 is 1.68 bits per heavy atom. The topological polar surface area (TPSA) is 60.7 Å². The largest absolute Gasteiger partial charge is 0.387 e. The lowest BCUT2D eigenvalue weighted by Crippen LogP contribution is -2.55. The fourth-order valence-electron chi connectivity index (χ4n) is 7.70. The zero-order valence-electron chi connectivity index (χ0n) is 20.4. The molecule has 0 spiro atoms. The summed E-state index contributed by atoms with van der Waals surface area (Å²) >= 11 is 0. The van der Waals surface area contributed by atoms with Crippen LogP contribution in [0.4, 0.5) is 0 Å². The van der Waals surface area contributed by atoms with Crippen molar-refractivity contribution in [3.8, 4) is 0 Å². The molecule has 3 heteroatoms. The molecule has 3 fully saturated rings. The summed E-state index contributed by atoms with van der Waals surface area (Å²) in [6.07, 6.45) is 13.8. The van der Waals surface area contributed by atoms with E-state index in [2.05, 4.69) is 65.8 Å². The molecule has 4 rings (SSSR count). The van der Waals surface area contributed by atoms with Crippen LogP contribution < -0.4 is 0 Å². The van der Waals surface area contributed by atoms with E-state index in [1.807, 2.05) is 0 Å². The number of aliphatic hydroxyl groups is 3. The normalized spacial score (nSPS) is 43.7. The molecule has 4 aliphatic carbocycles. The van der Waals surface area contributed by atoms with Crippen LogP contribution in [0.25, 0.3) is 0 Å². The zero-order valence-corrected chi connectivity index (χ0v) is 20.4. The van der Waals surface area contributed by atoms with Crippen LogP contribution in [0.15, 0.2) is 35.5 Å². The molecule has 0 heterocycles. The van der Waals surface area contributed by atoms with Gasteiger partial charge in [0.2, 0.25) is 0 Å². The van der Waals surface area contributed by atoms with Gasteiger partial charge in [0.25, 0.3) is 0 Å². The van der Waals surface area contributed by atoms with Crippen LogP contribution in [0.3, 0.4) is 0 Å². The summed E-state index contributed by atoms with van der Waals surface area (Å²) < 4.78 is 0. The Kier molecular flexibility index (Phi) is 5.89. The monoisotopic (exact) mass is 428 g/mol. The standard InChI is InChI=1S/C28H44O3/c1-17(2)18(3)7-8-19(4)22-11-12-23-21-10-9-20-15-25(29)28(30,31)16-27(20,6)24(21)13-14-26(22,23)5/h7-10,17-19,22-25,29-31H,11-16H2,1-6H3/b8-7+/t18-,19+,22+,23-,24-,25+,26+,27-/m0/s1. The van der Waals surface area contributed by atoms with E-state index in [0.29, 0.717) is 47.3 Å². The predicted octanol–water partition coefficient (Wildman–Crippen LogP) is 5.62. The van der Waals surface area contributed by atoms with Crippen molar-refractivity contribution in [1.29, 1.82) is 0 Å². The molecule has 0 aromatic carbocycles. The highest BCUT2D eigenvalue weighted by atomic mass is 16.5. The highest BCUT2D eigenvalue weighted by Crippen LogP contribution is 2.66. The average Bonchev–Trinajstić information content (AvgIpc) is 3.04. The molecule has 3 saturated carbocycles. The minimum absolute atomic E-state index is 0.230. The fraction of sp³-hybridized carbons (Fsp3) is 0.786. The molecule has 0 aliphatic heterocycles. The van der Waals surface area contributed by atoms with E-state index < -0.39 is 11.9 Å². The van der Waals surface area contributed by atoms with Gasteiger partial charge in [-0.1, -0.05) is 77.0 Å². The molecule has 174 valence electrons. The number of aliphatic hydroxyl groups excluding tert-OH is 1. The summed E-state index contributed by atoms with van der Waals surface area (Å²) in [5.41, 5.74) is 2.80. The number of hydrogen-bond acceptors (Lipinski definition) is 3. The Hall–Kier alpha value is -0.900. The van der Waals surface area contributed by atoms with Crippen molar-refractivity contribution in [2.75, 3.05) is 0 Å². The predicted molar refractivity (Wildman–Crippen MR) is 126 cm³/mol. The first kappa shape index (κ1) is 23.3. The fourth-order valence-corrected chi connectivity index (χ4v) is 7.70. The Morgan fingerprint density at radius 1 is 0.968 bits per heavy atom. The first-order valence-electron chi connectivity index (χ1n) is 12.6. The number of fused-ring (bicyclic) bond motifs is 5. The smallest absolute Gasteiger partial charge is 0.190 e. The van der Waals surface area contributed by atoms with Gasteiger partial charge < -0.3 is 15.3 Å². The SMILES string of the molecule is CC(C)[C@@H](C)/C=C/[C@@H](C)[C@H]1CC[C@H]2C3=CC=C4C[C@@H](O)C(O)(O)C[C@]4(C)[C@H]3CC[C@]12C. The van der Waals surface area contributed by atoms with Gasteiger partial charge >= 0.3 is 0 Å². The molecule has 0 aromatic rings. The molecule has 0 saturated heterocycles. The molecule has 0 radical (unpaired) electrons. The molecular weight excluding hydrogens is 384 g/mol. The van der Waals surface area contributed by atoms with E-state index in [1.165, 1.54) is 24.8 Å².